The predicted octanol–water partition coefficient (Wildman–Crippen LogP) is 0.670. The minimum atomic E-state index is -0.836. The number of anilines is 3. The van der Waals surface area contributed by atoms with Crippen LogP contribution in [0.2, 0.25) is 0 Å². The van der Waals surface area contributed by atoms with E-state index in [0.29, 0.717) is 17.4 Å². The van der Waals surface area contributed by atoms with Gasteiger partial charge in [-0.1, -0.05) is 0 Å². The van der Waals surface area contributed by atoms with E-state index in [1.165, 1.54) is 0 Å². The van der Waals surface area contributed by atoms with Crippen LogP contribution in [0.5, 0.6) is 0 Å². The molecule has 17 heavy (non-hydrogen) atoms. The molecule has 0 amide bonds. The molecule has 0 aromatic carbocycles. The van der Waals surface area contributed by atoms with Crippen LogP contribution in [0, 0.1) is 0 Å². The summed E-state index contributed by atoms with van der Waals surface area (Å²) >= 11 is 0. The van der Waals surface area contributed by atoms with E-state index in [1.54, 1.807) is 12.3 Å². The summed E-state index contributed by atoms with van der Waals surface area (Å²) in [4.78, 5) is 8.13. The molecule has 96 valence electrons. The second kappa shape index (κ2) is 6.39. The summed E-state index contributed by atoms with van der Waals surface area (Å²) in [5.74, 6) is 2.12. The average molecular weight is 257 g/mol. The van der Waals surface area contributed by atoms with Gasteiger partial charge in [0.1, 0.15) is 11.6 Å². The van der Waals surface area contributed by atoms with Gasteiger partial charge in [-0.2, -0.15) is 9.97 Å². The molecule has 0 saturated heterocycles. The van der Waals surface area contributed by atoms with E-state index in [-0.39, 0.29) is 12.0 Å². The Labute approximate surface area is 104 Å². The van der Waals surface area contributed by atoms with Gasteiger partial charge in [0.2, 0.25) is 5.95 Å². The first-order valence-corrected chi connectivity index (χ1v) is 7.19. The summed E-state index contributed by atoms with van der Waals surface area (Å²) < 4.78 is 11.1. The minimum absolute atomic E-state index is 0.0737. The number of hydrogen-bond acceptors (Lipinski definition) is 6. The topological polar surface area (TPSA) is 92.9 Å². The second-order valence-electron chi connectivity index (χ2n) is 3.81. The zero-order chi connectivity index (χ0) is 12.8. The van der Waals surface area contributed by atoms with E-state index in [4.69, 9.17) is 5.73 Å². The molecule has 1 rings (SSSR count). The lowest BCUT2D eigenvalue weighted by molar-refractivity contribution is 0.683. The first-order chi connectivity index (χ1) is 8.01. The molecule has 0 bridgehead atoms. The highest BCUT2D eigenvalue weighted by atomic mass is 32.2. The molecule has 0 aliphatic rings. The maximum absolute atomic E-state index is 11.1. The third kappa shape index (κ3) is 4.99. The smallest absolute Gasteiger partial charge is 0.223 e. The Balaban J connectivity index is 2.72. The molecule has 2 atom stereocenters. The number of nitrogens with zero attached hydrogens (tertiary/aromatic N) is 2. The van der Waals surface area contributed by atoms with Crippen LogP contribution >= 0.6 is 0 Å². The fourth-order valence-electron chi connectivity index (χ4n) is 1.46. The molecule has 0 saturated carbocycles. The van der Waals surface area contributed by atoms with Gasteiger partial charge in [0.05, 0.1) is 0 Å². The zero-order valence-corrected chi connectivity index (χ0v) is 11.2. The van der Waals surface area contributed by atoms with Crippen molar-refractivity contribution in [1.29, 1.82) is 0 Å². The van der Waals surface area contributed by atoms with E-state index in [1.807, 2.05) is 13.8 Å². The molecule has 4 N–H and O–H groups in total. The van der Waals surface area contributed by atoms with Gasteiger partial charge in [0.25, 0.3) is 0 Å². The Bertz CT molecular complexity index is 398. The van der Waals surface area contributed by atoms with Crippen LogP contribution in [0.3, 0.4) is 0 Å². The Morgan fingerprint density at radius 3 is 2.71 bits per heavy atom. The lowest BCUT2D eigenvalue weighted by Gasteiger charge is -2.14. The van der Waals surface area contributed by atoms with Crippen LogP contribution in [0.25, 0.3) is 0 Å². The summed E-state index contributed by atoms with van der Waals surface area (Å²) in [6.45, 7) is 4.70. The van der Waals surface area contributed by atoms with Gasteiger partial charge < -0.3 is 16.4 Å². The van der Waals surface area contributed by atoms with E-state index in [9.17, 15) is 4.21 Å². The number of aromatic nitrogens is 2. The van der Waals surface area contributed by atoms with Gasteiger partial charge in [-0.15, -0.1) is 0 Å². The highest BCUT2D eigenvalue weighted by molar-refractivity contribution is 7.84. The van der Waals surface area contributed by atoms with Crippen molar-refractivity contribution < 1.29 is 4.21 Å². The number of nitrogens with one attached hydrogen (secondary N) is 2. The van der Waals surface area contributed by atoms with E-state index in [2.05, 4.69) is 20.6 Å². The van der Waals surface area contributed by atoms with E-state index < -0.39 is 10.8 Å². The Hall–Kier alpha value is -1.37. The van der Waals surface area contributed by atoms with Crippen molar-refractivity contribution in [3.05, 3.63) is 6.07 Å². The standard InChI is InChI=1S/C10H19N5OS/c1-4-12-8-5-9(15-10(11)14-8)13-7(2)6-17(3)16/h5,7H,4,6H2,1-3H3,(H4,11,12,13,14,15). The molecular formula is C10H19N5OS. The SMILES string of the molecule is CCNc1cc(NC(C)CS(C)=O)nc(N)n1. The fourth-order valence-corrected chi connectivity index (χ4v) is 2.25. The highest BCUT2D eigenvalue weighted by Gasteiger charge is 2.07. The monoisotopic (exact) mass is 257 g/mol. The Kier molecular flexibility index (Phi) is 5.14. The summed E-state index contributed by atoms with van der Waals surface area (Å²) in [6, 6.07) is 1.86. The molecule has 1 heterocycles. The van der Waals surface area contributed by atoms with Crippen LogP contribution in [-0.4, -0.2) is 38.8 Å². The fraction of sp³-hybridized carbons (Fsp3) is 0.600. The molecule has 0 spiro atoms. The van der Waals surface area contributed by atoms with Crippen LogP contribution in [-0.2, 0) is 10.8 Å². The first-order valence-electron chi connectivity index (χ1n) is 5.46. The first kappa shape index (κ1) is 13.7. The number of rotatable bonds is 6. The maximum Gasteiger partial charge on any atom is 0.223 e. The van der Waals surface area contributed by atoms with Gasteiger partial charge in [-0.05, 0) is 13.8 Å². The van der Waals surface area contributed by atoms with Gasteiger partial charge in [-0.3, -0.25) is 4.21 Å². The lowest BCUT2D eigenvalue weighted by Crippen LogP contribution is -2.23. The average Bonchev–Trinajstić information content (AvgIpc) is 2.14. The summed E-state index contributed by atoms with van der Waals surface area (Å²) in [5, 5.41) is 6.22. The number of nitrogens with two attached hydrogens (primary N) is 1. The van der Waals surface area contributed by atoms with Crippen LogP contribution < -0.4 is 16.4 Å². The van der Waals surface area contributed by atoms with Crippen molar-refractivity contribution in [3.63, 3.8) is 0 Å². The van der Waals surface area contributed by atoms with E-state index >= 15 is 0 Å². The van der Waals surface area contributed by atoms with Crippen molar-refractivity contribution in [2.24, 2.45) is 0 Å². The van der Waals surface area contributed by atoms with Crippen molar-refractivity contribution in [3.8, 4) is 0 Å². The lowest BCUT2D eigenvalue weighted by atomic mass is 10.4. The number of hydrogen-bond donors (Lipinski definition) is 3. The molecule has 0 aliphatic heterocycles. The summed E-state index contributed by atoms with van der Waals surface area (Å²) in [7, 11) is -0.836. The third-order valence-electron chi connectivity index (χ3n) is 1.98. The quantitative estimate of drug-likeness (QED) is 0.693. The summed E-state index contributed by atoms with van der Waals surface area (Å²) in [5.41, 5.74) is 5.60. The van der Waals surface area contributed by atoms with Crippen molar-refractivity contribution in [2.45, 2.75) is 19.9 Å². The molecule has 7 heteroatoms. The van der Waals surface area contributed by atoms with Crippen LogP contribution in [0.15, 0.2) is 6.07 Å². The molecule has 1 aromatic heterocycles. The maximum atomic E-state index is 11.1. The van der Waals surface area contributed by atoms with E-state index in [0.717, 1.165) is 6.54 Å². The van der Waals surface area contributed by atoms with Gasteiger partial charge in [0.15, 0.2) is 0 Å². The van der Waals surface area contributed by atoms with Gasteiger partial charge >= 0.3 is 0 Å². The normalized spacial score (nSPS) is 14.1. The van der Waals surface area contributed by atoms with Crippen LogP contribution in [0.1, 0.15) is 13.8 Å². The van der Waals surface area contributed by atoms with Gasteiger partial charge in [-0.25, -0.2) is 0 Å². The predicted molar refractivity (Wildman–Crippen MR) is 72.6 cm³/mol. The van der Waals surface area contributed by atoms with Crippen LogP contribution in [0.4, 0.5) is 17.6 Å². The Morgan fingerprint density at radius 2 is 2.12 bits per heavy atom. The minimum Gasteiger partial charge on any atom is -0.370 e. The molecule has 0 fully saturated rings. The van der Waals surface area contributed by atoms with Crippen molar-refractivity contribution in [1.82, 2.24) is 9.97 Å². The zero-order valence-electron chi connectivity index (χ0n) is 10.4. The van der Waals surface area contributed by atoms with Crippen molar-refractivity contribution >= 4 is 28.4 Å². The molecule has 6 nitrogen and oxygen atoms in total. The highest BCUT2D eigenvalue weighted by Crippen LogP contribution is 2.13. The molecule has 2 unspecified atom stereocenters. The largest absolute Gasteiger partial charge is 0.370 e. The second-order valence-corrected chi connectivity index (χ2v) is 5.29. The number of nitrogen functional groups attached to an aromatic ring is 1. The Morgan fingerprint density at radius 1 is 1.47 bits per heavy atom. The molecular weight excluding hydrogens is 238 g/mol. The van der Waals surface area contributed by atoms with Gasteiger partial charge in [0, 0.05) is 41.5 Å². The summed E-state index contributed by atoms with van der Waals surface area (Å²) in [6.07, 6.45) is 1.68. The van der Waals surface area contributed by atoms with Crippen molar-refractivity contribution in [2.75, 3.05) is 34.9 Å². The molecule has 0 radical (unpaired) electrons. The molecule has 0 aliphatic carbocycles. The molecule has 1 aromatic rings. The third-order valence-corrected chi connectivity index (χ3v) is 2.95.